The van der Waals surface area contributed by atoms with Gasteiger partial charge in [-0.15, -0.1) is 0 Å². The second-order valence-corrected chi connectivity index (χ2v) is 5.08. The number of esters is 1. The summed E-state index contributed by atoms with van der Waals surface area (Å²) in [5.74, 6) is -0.180. The lowest BCUT2D eigenvalue weighted by molar-refractivity contribution is -0.150. The van der Waals surface area contributed by atoms with Crippen LogP contribution in [-0.2, 0) is 14.3 Å². The molecule has 114 valence electrons. The van der Waals surface area contributed by atoms with Gasteiger partial charge in [0.25, 0.3) is 0 Å². The highest BCUT2D eigenvalue weighted by molar-refractivity contribution is 5.80. The number of hydrogen-bond acceptors (Lipinski definition) is 4. The van der Waals surface area contributed by atoms with Crippen molar-refractivity contribution >= 4 is 5.97 Å². The van der Waals surface area contributed by atoms with Crippen LogP contribution in [0.15, 0.2) is 0 Å². The molecular weight excluding hydrogens is 242 g/mol. The Labute approximate surface area is 118 Å². The molecule has 19 heavy (non-hydrogen) atoms. The molecule has 0 bridgehead atoms. The van der Waals surface area contributed by atoms with Gasteiger partial charge in [-0.25, -0.2) is 0 Å². The minimum absolute atomic E-state index is 0.180. The maximum Gasteiger partial charge on any atom is 0.326 e. The highest BCUT2D eigenvalue weighted by Gasteiger charge is 2.32. The van der Waals surface area contributed by atoms with Gasteiger partial charge in [0.1, 0.15) is 5.54 Å². The third kappa shape index (κ3) is 8.22. The molecule has 0 aliphatic carbocycles. The Morgan fingerprint density at radius 2 is 1.79 bits per heavy atom. The van der Waals surface area contributed by atoms with Crippen molar-refractivity contribution in [1.29, 1.82) is 0 Å². The summed E-state index contributed by atoms with van der Waals surface area (Å²) in [7, 11) is 1.79. The van der Waals surface area contributed by atoms with Crippen molar-refractivity contribution in [2.24, 2.45) is 0 Å². The molecule has 0 rings (SSSR count). The Bertz CT molecular complexity index is 233. The van der Waals surface area contributed by atoms with E-state index in [1.54, 1.807) is 7.05 Å². The van der Waals surface area contributed by atoms with Gasteiger partial charge >= 0.3 is 5.97 Å². The maximum absolute atomic E-state index is 11.8. The average Bonchev–Trinajstić information content (AvgIpc) is 2.41. The lowest BCUT2D eigenvalue weighted by Gasteiger charge is -2.26. The minimum Gasteiger partial charge on any atom is -0.465 e. The first-order valence-electron chi connectivity index (χ1n) is 7.54. The van der Waals surface area contributed by atoms with Gasteiger partial charge < -0.3 is 14.8 Å². The Morgan fingerprint density at radius 3 is 2.37 bits per heavy atom. The minimum atomic E-state index is -0.596. The van der Waals surface area contributed by atoms with E-state index in [0.29, 0.717) is 13.2 Å². The fourth-order valence-corrected chi connectivity index (χ4v) is 1.88. The molecule has 1 atom stereocenters. The number of carbonyl (C=O) groups excluding carboxylic acids is 1. The molecule has 0 saturated heterocycles. The lowest BCUT2D eigenvalue weighted by atomic mass is 9.96. The predicted octanol–water partition coefficient (Wildman–Crippen LogP) is 2.90. The molecule has 0 aliphatic rings. The van der Waals surface area contributed by atoms with Crippen molar-refractivity contribution in [3.63, 3.8) is 0 Å². The van der Waals surface area contributed by atoms with E-state index in [2.05, 4.69) is 12.2 Å². The van der Waals surface area contributed by atoms with E-state index in [9.17, 15) is 4.79 Å². The summed E-state index contributed by atoms with van der Waals surface area (Å²) >= 11 is 0. The van der Waals surface area contributed by atoms with Crippen LogP contribution in [0.25, 0.3) is 0 Å². The smallest absolute Gasteiger partial charge is 0.326 e. The van der Waals surface area contributed by atoms with E-state index in [4.69, 9.17) is 9.47 Å². The van der Waals surface area contributed by atoms with Crippen molar-refractivity contribution in [3.8, 4) is 0 Å². The molecule has 4 nitrogen and oxygen atoms in total. The predicted molar refractivity (Wildman–Crippen MR) is 78.3 cm³/mol. The monoisotopic (exact) mass is 273 g/mol. The molecule has 0 radical (unpaired) electrons. The standard InChI is InChI=1S/C15H31NO3/c1-5-7-8-9-12-18-13-10-11-15(3,16-4)14(17)19-6-2/h16H,5-13H2,1-4H3. The van der Waals surface area contributed by atoms with Crippen LogP contribution in [0.3, 0.4) is 0 Å². The summed E-state index contributed by atoms with van der Waals surface area (Å²) in [6, 6.07) is 0. The molecule has 0 spiro atoms. The Morgan fingerprint density at radius 1 is 1.11 bits per heavy atom. The summed E-state index contributed by atoms with van der Waals surface area (Å²) in [4.78, 5) is 11.8. The quantitative estimate of drug-likeness (QED) is 0.439. The van der Waals surface area contributed by atoms with E-state index in [0.717, 1.165) is 25.9 Å². The summed E-state index contributed by atoms with van der Waals surface area (Å²) in [6.07, 6.45) is 6.51. The Kier molecular flexibility index (Phi) is 10.9. The number of ether oxygens (including phenoxy) is 2. The fraction of sp³-hybridized carbons (Fsp3) is 0.933. The van der Waals surface area contributed by atoms with Gasteiger partial charge in [-0.05, 0) is 40.2 Å². The third-order valence-electron chi connectivity index (χ3n) is 3.39. The highest BCUT2D eigenvalue weighted by atomic mass is 16.5. The van der Waals surface area contributed by atoms with Crippen molar-refractivity contribution in [3.05, 3.63) is 0 Å². The first-order chi connectivity index (χ1) is 9.10. The summed E-state index contributed by atoms with van der Waals surface area (Å²) in [5, 5.41) is 3.05. The normalized spacial score (nSPS) is 14.1. The molecule has 0 saturated carbocycles. The summed E-state index contributed by atoms with van der Waals surface area (Å²) in [5.41, 5.74) is -0.596. The van der Waals surface area contributed by atoms with Crippen LogP contribution in [-0.4, -0.2) is 38.4 Å². The van der Waals surface area contributed by atoms with E-state index in [-0.39, 0.29) is 5.97 Å². The van der Waals surface area contributed by atoms with E-state index in [1.165, 1.54) is 19.3 Å². The number of unbranched alkanes of at least 4 members (excludes halogenated alkanes) is 3. The van der Waals surface area contributed by atoms with Gasteiger partial charge in [0, 0.05) is 13.2 Å². The number of hydrogen-bond donors (Lipinski definition) is 1. The van der Waals surface area contributed by atoms with Crippen LogP contribution < -0.4 is 5.32 Å². The van der Waals surface area contributed by atoms with Crippen molar-refractivity contribution in [2.75, 3.05) is 26.9 Å². The Hall–Kier alpha value is -0.610. The molecule has 0 aliphatic heterocycles. The molecule has 0 heterocycles. The zero-order valence-corrected chi connectivity index (χ0v) is 13.1. The summed E-state index contributed by atoms with van der Waals surface area (Å²) in [6.45, 7) is 7.87. The first-order valence-corrected chi connectivity index (χ1v) is 7.54. The van der Waals surface area contributed by atoms with E-state index in [1.807, 2.05) is 13.8 Å². The van der Waals surface area contributed by atoms with Crippen LogP contribution in [0.2, 0.25) is 0 Å². The van der Waals surface area contributed by atoms with Crippen molar-refractivity contribution in [2.45, 2.75) is 64.8 Å². The molecule has 1 unspecified atom stereocenters. The second kappa shape index (κ2) is 11.2. The third-order valence-corrected chi connectivity index (χ3v) is 3.39. The van der Waals surface area contributed by atoms with E-state index < -0.39 is 5.54 Å². The Balaban J connectivity index is 3.69. The average molecular weight is 273 g/mol. The van der Waals surface area contributed by atoms with Crippen LogP contribution in [0, 0.1) is 0 Å². The highest BCUT2D eigenvalue weighted by Crippen LogP contribution is 2.14. The van der Waals surface area contributed by atoms with Crippen LogP contribution in [0.5, 0.6) is 0 Å². The van der Waals surface area contributed by atoms with Gasteiger partial charge in [-0.1, -0.05) is 26.2 Å². The van der Waals surface area contributed by atoms with Gasteiger partial charge in [-0.2, -0.15) is 0 Å². The van der Waals surface area contributed by atoms with Crippen LogP contribution in [0.1, 0.15) is 59.3 Å². The van der Waals surface area contributed by atoms with Crippen LogP contribution >= 0.6 is 0 Å². The molecule has 0 aromatic rings. The lowest BCUT2D eigenvalue weighted by Crippen LogP contribution is -2.48. The zero-order valence-electron chi connectivity index (χ0n) is 13.1. The number of likely N-dealkylation sites (N-methyl/N-ethyl adjacent to an activating group) is 1. The molecular formula is C15H31NO3. The SMILES string of the molecule is CCCCCCOCCCC(C)(NC)C(=O)OCC. The number of rotatable bonds is 12. The fourth-order valence-electron chi connectivity index (χ4n) is 1.88. The van der Waals surface area contributed by atoms with Gasteiger partial charge in [0.15, 0.2) is 0 Å². The molecule has 0 aromatic heterocycles. The molecule has 0 fully saturated rings. The largest absolute Gasteiger partial charge is 0.465 e. The van der Waals surface area contributed by atoms with Crippen molar-refractivity contribution in [1.82, 2.24) is 5.32 Å². The van der Waals surface area contributed by atoms with Crippen molar-refractivity contribution < 1.29 is 14.3 Å². The maximum atomic E-state index is 11.8. The number of carbonyl (C=O) groups is 1. The molecule has 0 aromatic carbocycles. The van der Waals surface area contributed by atoms with E-state index >= 15 is 0 Å². The van der Waals surface area contributed by atoms with Gasteiger partial charge in [-0.3, -0.25) is 4.79 Å². The van der Waals surface area contributed by atoms with Crippen LogP contribution in [0.4, 0.5) is 0 Å². The number of nitrogens with one attached hydrogen (secondary N) is 1. The second-order valence-electron chi connectivity index (χ2n) is 5.08. The van der Waals surface area contributed by atoms with Gasteiger partial charge in [0.05, 0.1) is 6.61 Å². The molecule has 4 heteroatoms. The summed E-state index contributed by atoms with van der Waals surface area (Å²) < 4.78 is 10.7. The first kappa shape index (κ1) is 18.4. The molecule has 0 amide bonds. The topological polar surface area (TPSA) is 47.6 Å². The van der Waals surface area contributed by atoms with Gasteiger partial charge in [0.2, 0.25) is 0 Å². The zero-order chi connectivity index (χ0) is 14.6. The molecule has 1 N–H and O–H groups in total.